The van der Waals surface area contributed by atoms with E-state index in [1.165, 1.54) is 6.26 Å². The molecule has 2 aliphatic rings. The van der Waals surface area contributed by atoms with Crippen LogP contribution in [-0.2, 0) is 16.6 Å². The molecule has 0 saturated carbocycles. The summed E-state index contributed by atoms with van der Waals surface area (Å²) in [5.41, 5.74) is 0.950. The quantitative estimate of drug-likeness (QED) is 0.333. The molecular formula is C17H31IN6O3S. The minimum atomic E-state index is -3.16. The highest BCUT2D eigenvalue weighted by Gasteiger charge is 2.31. The molecule has 0 unspecified atom stereocenters. The number of nitrogens with zero attached hydrogens (tertiary/aromatic N) is 5. The lowest BCUT2D eigenvalue weighted by molar-refractivity contribution is 0.169. The van der Waals surface area contributed by atoms with Gasteiger partial charge in [-0.1, -0.05) is 5.16 Å². The smallest absolute Gasteiger partial charge is 0.211 e. The Morgan fingerprint density at radius 1 is 1.32 bits per heavy atom. The standard InChI is InChI=1S/C17H30N6O3S.HI/c1-3-18-17(19-13-16-5-4-7-23(16)27(2,24)25)22-10-8-21(9-11-22)14-15-6-12-26-20-15;/h6,12,16H,3-5,7-11,13-14H2,1-2H3,(H,18,19);1H/t16-;/m1./s1. The Balaban J connectivity index is 0.00000280. The summed E-state index contributed by atoms with van der Waals surface area (Å²) >= 11 is 0. The highest BCUT2D eigenvalue weighted by atomic mass is 127. The summed E-state index contributed by atoms with van der Waals surface area (Å²) in [6, 6.07) is 1.87. The Hall–Kier alpha value is -0.920. The van der Waals surface area contributed by atoms with Gasteiger partial charge in [-0.25, -0.2) is 8.42 Å². The van der Waals surface area contributed by atoms with Crippen LogP contribution in [0.15, 0.2) is 21.8 Å². The van der Waals surface area contributed by atoms with E-state index < -0.39 is 10.0 Å². The molecule has 1 aromatic rings. The van der Waals surface area contributed by atoms with Gasteiger partial charge < -0.3 is 14.7 Å². The SMILES string of the molecule is CCNC(=NC[C@H]1CCCN1S(C)(=O)=O)N1CCN(Cc2ccon2)CC1.I. The van der Waals surface area contributed by atoms with Gasteiger partial charge in [0.2, 0.25) is 10.0 Å². The number of aliphatic imine (C=N–C) groups is 1. The molecule has 0 spiro atoms. The van der Waals surface area contributed by atoms with Crippen LogP contribution in [0.4, 0.5) is 0 Å². The van der Waals surface area contributed by atoms with Crippen molar-refractivity contribution in [2.75, 3.05) is 52.1 Å². The summed E-state index contributed by atoms with van der Waals surface area (Å²) in [6.07, 6.45) is 4.67. The summed E-state index contributed by atoms with van der Waals surface area (Å²) in [4.78, 5) is 9.36. The number of halogens is 1. The zero-order valence-corrected chi connectivity index (χ0v) is 19.7. The number of rotatable bonds is 6. The molecule has 1 aromatic heterocycles. The predicted octanol–water partition coefficient (Wildman–Crippen LogP) is 0.800. The molecule has 0 aromatic carbocycles. The highest BCUT2D eigenvalue weighted by Crippen LogP contribution is 2.20. The first kappa shape index (κ1) is 23.4. The lowest BCUT2D eigenvalue weighted by atomic mass is 10.2. The molecule has 0 amide bonds. The van der Waals surface area contributed by atoms with E-state index in [1.807, 2.05) is 6.07 Å². The Morgan fingerprint density at radius 3 is 2.68 bits per heavy atom. The highest BCUT2D eigenvalue weighted by molar-refractivity contribution is 14.0. The molecule has 3 rings (SSSR count). The summed E-state index contributed by atoms with van der Waals surface area (Å²) in [7, 11) is -3.16. The first-order valence-corrected chi connectivity index (χ1v) is 11.4. The second-order valence-electron chi connectivity index (χ2n) is 7.12. The maximum absolute atomic E-state index is 11.9. The van der Waals surface area contributed by atoms with Crippen LogP contribution < -0.4 is 5.32 Å². The summed E-state index contributed by atoms with van der Waals surface area (Å²) in [5.74, 6) is 0.874. The number of aromatic nitrogens is 1. The van der Waals surface area contributed by atoms with Crippen LogP contribution >= 0.6 is 24.0 Å². The summed E-state index contributed by atoms with van der Waals surface area (Å²) < 4.78 is 30.3. The van der Waals surface area contributed by atoms with Crippen molar-refractivity contribution >= 4 is 40.0 Å². The van der Waals surface area contributed by atoms with Gasteiger partial charge in [-0.15, -0.1) is 24.0 Å². The monoisotopic (exact) mass is 526 g/mol. The van der Waals surface area contributed by atoms with E-state index in [1.54, 1.807) is 10.6 Å². The second-order valence-corrected chi connectivity index (χ2v) is 9.05. The minimum absolute atomic E-state index is 0. The van der Waals surface area contributed by atoms with E-state index >= 15 is 0 Å². The maximum atomic E-state index is 11.9. The minimum Gasteiger partial charge on any atom is -0.364 e. The second kappa shape index (κ2) is 10.7. The average molecular weight is 526 g/mol. The van der Waals surface area contributed by atoms with E-state index in [-0.39, 0.29) is 30.0 Å². The number of guanidine groups is 1. The van der Waals surface area contributed by atoms with Crippen LogP contribution in [0, 0.1) is 0 Å². The third kappa shape index (κ3) is 6.29. The molecule has 0 aliphatic carbocycles. The van der Waals surface area contributed by atoms with E-state index in [0.717, 1.165) is 63.8 Å². The largest absolute Gasteiger partial charge is 0.364 e. The lowest BCUT2D eigenvalue weighted by Crippen LogP contribution is -2.52. The fraction of sp³-hybridized carbons (Fsp3) is 0.765. The average Bonchev–Trinajstić information content (AvgIpc) is 3.30. The fourth-order valence-corrected chi connectivity index (χ4v) is 4.89. The molecule has 1 atom stereocenters. The van der Waals surface area contributed by atoms with Crippen LogP contribution in [0.25, 0.3) is 0 Å². The van der Waals surface area contributed by atoms with Gasteiger partial charge >= 0.3 is 0 Å². The molecule has 160 valence electrons. The van der Waals surface area contributed by atoms with E-state index in [4.69, 9.17) is 9.52 Å². The number of hydrogen-bond acceptors (Lipinski definition) is 6. The van der Waals surface area contributed by atoms with Crippen molar-refractivity contribution in [3.8, 4) is 0 Å². The molecule has 2 saturated heterocycles. The van der Waals surface area contributed by atoms with E-state index in [9.17, 15) is 8.42 Å². The Bertz CT molecular complexity index is 719. The van der Waals surface area contributed by atoms with Gasteiger partial charge in [0, 0.05) is 57.9 Å². The van der Waals surface area contributed by atoms with E-state index in [2.05, 4.69) is 27.2 Å². The number of nitrogens with one attached hydrogen (secondary N) is 1. The van der Waals surface area contributed by atoms with Gasteiger partial charge in [-0.05, 0) is 19.8 Å². The molecule has 28 heavy (non-hydrogen) atoms. The predicted molar refractivity (Wildman–Crippen MR) is 119 cm³/mol. The van der Waals surface area contributed by atoms with Crippen LogP contribution in [-0.4, -0.2) is 91.7 Å². The van der Waals surface area contributed by atoms with Gasteiger partial charge in [0.15, 0.2) is 5.96 Å². The molecule has 2 fully saturated rings. The molecule has 0 bridgehead atoms. The van der Waals surface area contributed by atoms with Crippen molar-refractivity contribution < 1.29 is 12.9 Å². The zero-order chi connectivity index (χ0) is 19.3. The Kier molecular flexibility index (Phi) is 8.96. The molecule has 2 aliphatic heterocycles. The number of piperazine rings is 1. The van der Waals surface area contributed by atoms with Gasteiger partial charge in [0.05, 0.1) is 18.5 Å². The van der Waals surface area contributed by atoms with Crippen LogP contribution in [0.2, 0.25) is 0 Å². The van der Waals surface area contributed by atoms with Gasteiger partial charge in [-0.3, -0.25) is 9.89 Å². The first-order valence-electron chi connectivity index (χ1n) is 9.59. The summed E-state index contributed by atoms with van der Waals surface area (Å²) in [5, 5.41) is 7.33. The number of sulfonamides is 1. The molecule has 0 radical (unpaired) electrons. The third-order valence-electron chi connectivity index (χ3n) is 5.08. The van der Waals surface area contributed by atoms with Gasteiger partial charge in [0.1, 0.15) is 6.26 Å². The molecule has 3 heterocycles. The Labute approximate surface area is 184 Å². The molecular weight excluding hydrogens is 495 g/mol. The van der Waals surface area contributed by atoms with Crippen LogP contribution in [0.1, 0.15) is 25.5 Å². The van der Waals surface area contributed by atoms with Gasteiger partial charge in [0.25, 0.3) is 0 Å². The first-order chi connectivity index (χ1) is 13.0. The van der Waals surface area contributed by atoms with Crippen molar-refractivity contribution in [1.29, 1.82) is 0 Å². The van der Waals surface area contributed by atoms with Crippen molar-refractivity contribution in [1.82, 2.24) is 24.6 Å². The zero-order valence-electron chi connectivity index (χ0n) is 16.6. The number of hydrogen-bond donors (Lipinski definition) is 1. The third-order valence-corrected chi connectivity index (χ3v) is 6.42. The lowest BCUT2D eigenvalue weighted by Gasteiger charge is -2.36. The Morgan fingerprint density at radius 2 is 2.07 bits per heavy atom. The summed E-state index contributed by atoms with van der Waals surface area (Å²) in [6.45, 7) is 8.36. The van der Waals surface area contributed by atoms with Crippen molar-refractivity contribution in [3.63, 3.8) is 0 Å². The normalized spacial score (nSPS) is 22.3. The van der Waals surface area contributed by atoms with Crippen LogP contribution in [0.5, 0.6) is 0 Å². The molecule has 1 N–H and O–H groups in total. The van der Waals surface area contributed by atoms with Crippen molar-refractivity contribution in [3.05, 3.63) is 18.0 Å². The molecule has 9 nitrogen and oxygen atoms in total. The van der Waals surface area contributed by atoms with Crippen LogP contribution in [0.3, 0.4) is 0 Å². The van der Waals surface area contributed by atoms with Gasteiger partial charge in [-0.2, -0.15) is 4.31 Å². The fourth-order valence-electron chi connectivity index (χ4n) is 3.71. The van der Waals surface area contributed by atoms with Crippen molar-refractivity contribution in [2.24, 2.45) is 4.99 Å². The topological polar surface area (TPSA) is 94.3 Å². The van der Waals surface area contributed by atoms with E-state index in [0.29, 0.717) is 13.1 Å². The molecule has 11 heteroatoms. The maximum Gasteiger partial charge on any atom is 0.211 e. The van der Waals surface area contributed by atoms with Crippen molar-refractivity contribution in [2.45, 2.75) is 32.4 Å².